The van der Waals surface area contributed by atoms with Crippen LogP contribution in [-0.2, 0) is 33.5 Å². The molecule has 0 aliphatic carbocycles. The quantitative estimate of drug-likeness (QED) is 0.232. The molecule has 4 rings (SSSR count). The third kappa shape index (κ3) is 6.97. The average molecular weight is 471 g/mol. The summed E-state index contributed by atoms with van der Waals surface area (Å²) in [4.78, 5) is 0. The monoisotopic (exact) mass is 470 g/mol. The van der Waals surface area contributed by atoms with E-state index in [4.69, 9.17) is 9.47 Å². The summed E-state index contributed by atoms with van der Waals surface area (Å²) in [7, 11) is -1.26. The predicted octanol–water partition coefficient (Wildman–Crippen LogP) is 6.65. The lowest BCUT2D eigenvalue weighted by atomic mass is 10.1. The highest BCUT2D eigenvalue weighted by atomic mass is 32.2. The molecule has 0 N–H and O–H groups in total. The van der Waals surface area contributed by atoms with Gasteiger partial charge in [0.05, 0.1) is 36.9 Å². The first-order chi connectivity index (χ1) is 16.8. The van der Waals surface area contributed by atoms with Crippen LogP contribution in [0.2, 0.25) is 0 Å². The lowest BCUT2D eigenvalue weighted by Gasteiger charge is -2.24. The first-order valence-corrected chi connectivity index (χ1v) is 12.8. The van der Waals surface area contributed by atoms with Gasteiger partial charge in [0.25, 0.3) is 0 Å². The van der Waals surface area contributed by atoms with E-state index in [1.807, 2.05) is 121 Å². The molecule has 0 saturated carbocycles. The number of benzene rings is 4. The zero-order chi connectivity index (χ0) is 23.4. The second-order valence-electron chi connectivity index (χ2n) is 8.13. The van der Waals surface area contributed by atoms with Crippen molar-refractivity contribution >= 4 is 10.8 Å². The van der Waals surface area contributed by atoms with Crippen LogP contribution in [0.1, 0.15) is 32.8 Å². The zero-order valence-corrected chi connectivity index (χ0v) is 20.0. The van der Waals surface area contributed by atoms with Crippen LogP contribution in [0.25, 0.3) is 0 Å². The highest BCUT2D eigenvalue weighted by Crippen LogP contribution is 2.32. The summed E-state index contributed by atoms with van der Waals surface area (Å²) < 4.78 is 26.2. The van der Waals surface area contributed by atoms with Crippen molar-refractivity contribution in [2.24, 2.45) is 0 Å². The molecule has 0 saturated heterocycles. The predicted molar refractivity (Wildman–Crippen MR) is 139 cm³/mol. The Balaban J connectivity index is 1.51. The summed E-state index contributed by atoms with van der Waals surface area (Å²) in [5, 5.41) is -0.536. The summed E-state index contributed by atoms with van der Waals surface area (Å²) in [5.74, 6) is 0. The Bertz CT molecular complexity index is 1030. The standard InChI is InChI=1S/C30H30O3S/c31-34(29(27-17-9-3-10-18-27)23-32-21-25-13-5-1-6-14-25)30(28-19-11-4-12-20-28)24-33-22-26-15-7-2-8-16-26/h1-20,29-30H,21-24H2. The SMILES string of the molecule is O=S(C(COCc1ccccc1)c1ccccc1)C(COCc1ccccc1)c1ccccc1. The Kier molecular flexibility index (Phi) is 9.21. The van der Waals surface area contributed by atoms with Crippen molar-refractivity contribution in [1.82, 2.24) is 0 Å². The van der Waals surface area contributed by atoms with Crippen LogP contribution in [0.5, 0.6) is 0 Å². The fourth-order valence-electron chi connectivity index (χ4n) is 3.84. The van der Waals surface area contributed by atoms with Crippen molar-refractivity contribution in [2.45, 2.75) is 23.7 Å². The van der Waals surface area contributed by atoms with Gasteiger partial charge in [-0.2, -0.15) is 0 Å². The molecular weight excluding hydrogens is 440 g/mol. The highest BCUT2D eigenvalue weighted by molar-refractivity contribution is 7.85. The van der Waals surface area contributed by atoms with Gasteiger partial charge < -0.3 is 9.47 Å². The number of rotatable bonds is 12. The van der Waals surface area contributed by atoms with Crippen molar-refractivity contribution in [3.63, 3.8) is 0 Å². The molecule has 0 amide bonds. The van der Waals surface area contributed by atoms with Crippen LogP contribution in [-0.4, -0.2) is 17.4 Å². The Morgan fingerprint density at radius 3 is 1.18 bits per heavy atom. The largest absolute Gasteiger partial charge is 0.375 e. The molecule has 0 aliphatic rings. The molecule has 4 aromatic carbocycles. The second kappa shape index (κ2) is 13.0. The second-order valence-corrected chi connectivity index (χ2v) is 9.92. The molecule has 34 heavy (non-hydrogen) atoms. The fourth-order valence-corrected chi connectivity index (χ4v) is 5.55. The lowest BCUT2D eigenvalue weighted by molar-refractivity contribution is 0.115. The molecule has 3 nitrogen and oxygen atoms in total. The van der Waals surface area contributed by atoms with Gasteiger partial charge >= 0.3 is 0 Å². The molecule has 0 bridgehead atoms. The van der Waals surface area contributed by atoms with Gasteiger partial charge in [-0.15, -0.1) is 0 Å². The van der Waals surface area contributed by atoms with Crippen LogP contribution >= 0.6 is 0 Å². The van der Waals surface area contributed by atoms with Gasteiger partial charge in [-0.3, -0.25) is 4.21 Å². The molecule has 2 unspecified atom stereocenters. The van der Waals surface area contributed by atoms with E-state index in [0.717, 1.165) is 22.3 Å². The van der Waals surface area contributed by atoms with Crippen LogP contribution in [0.15, 0.2) is 121 Å². The molecule has 4 aromatic rings. The summed E-state index contributed by atoms with van der Waals surface area (Å²) in [6, 6.07) is 40.2. The minimum atomic E-state index is -1.26. The molecule has 0 heterocycles. The van der Waals surface area contributed by atoms with Gasteiger partial charge in [-0.1, -0.05) is 121 Å². The van der Waals surface area contributed by atoms with Crippen LogP contribution in [0.3, 0.4) is 0 Å². The van der Waals surface area contributed by atoms with Gasteiger partial charge in [0, 0.05) is 10.8 Å². The van der Waals surface area contributed by atoms with Gasteiger partial charge in [0.2, 0.25) is 0 Å². The minimum absolute atomic E-state index is 0.268. The molecule has 0 aromatic heterocycles. The molecule has 0 aliphatic heterocycles. The summed E-state index contributed by atoms with van der Waals surface area (Å²) in [5.41, 5.74) is 4.23. The van der Waals surface area contributed by atoms with E-state index in [0.29, 0.717) is 26.4 Å². The first-order valence-electron chi connectivity index (χ1n) is 11.5. The molecular formula is C30H30O3S. The molecule has 174 valence electrons. The third-order valence-corrected chi connectivity index (χ3v) is 7.60. The van der Waals surface area contributed by atoms with Crippen LogP contribution in [0, 0.1) is 0 Å². The van der Waals surface area contributed by atoms with Crippen molar-refractivity contribution in [3.8, 4) is 0 Å². The minimum Gasteiger partial charge on any atom is -0.375 e. The maximum Gasteiger partial charge on any atom is 0.0838 e. The first kappa shape index (κ1) is 24.1. The molecule has 0 spiro atoms. The van der Waals surface area contributed by atoms with Crippen molar-refractivity contribution in [3.05, 3.63) is 144 Å². The smallest absolute Gasteiger partial charge is 0.0838 e. The van der Waals surface area contributed by atoms with E-state index in [1.165, 1.54) is 0 Å². The van der Waals surface area contributed by atoms with E-state index in [9.17, 15) is 4.21 Å². The highest BCUT2D eigenvalue weighted by Gasteiger charge is 2.28. The van der Waals surface area contributed by atoms with Crippen LogP contribution in [0.4, 0.5) is 0 Å². The van der Waals surface area contributed by atoms with Gasteiger partial charge in [-0.05, 0) is 22.3 Å². The Hall–Kier alpha value is -3.05. The van der Waals surface area contributed by atoms with Gasteiger partial charge in [0.15, 0.2) is 0 Å². The molecule has 0 radical (unpaired) electrons. The topological polar surface area (TPSA) is 35.5 Å². The number of hydrogen-bond donors (Lipinski definition) is 0. The maximum atomic E-state index is 14.1. The Labute approximate surface area is 204 Å². The van der Waals surface area contributed by atoms with Crippen molar-refractivity contribution in [2.75, 3.05) is 13.2 Å². The Morgan fingerprint density at radius 2 is 0.824 bits per heavy atom. The van der Waals surface area contributed by atoms with E-state index < -0.39 is 10.8 Å². The van der Waals surface area contributed by atoms with Gasteiger partial charge in [0.1, 0.15) is 0 Å². The van der Waals surface area contributed by atoms with Crippen molar-refractivity contribution < 1.29 is 13.7 Å². The molecule has 4 heteroatoms. The van der Waals surface area contributed by atoms with Crippen molar-refractivity contribution in [1.29, 1.82) is 0 Å². The number of hydrogen-bond acceptors (Lipinski definition) is 3. The molecule has 0 fully saturated rings. The summed E-state index contributed by atoms with van der Waals surface area (Å²) in [6.07, 6.45) is 0. The fraction of sp³-hybridized carbons (Fsp3) is 0.200. The summed E-state index contributed by atoms with van der Waals surface area (Å²) >= 11 is 0. The zero-order valence-electron chi connectivity index (χ0n) is 19.2. The normalized spacial score (nSPS) is 13.8. The summed E-state index contributed by atoms with van der Waals surface area (Å²) in [6.45, 7) is 1.71. The average Bonchev–Trinajstić information content (AvgIpc) is 2.91. The Morgan fingerprint density at radius 1 is 0.500 bits per heavy atom. The van der Waals surface area contributed by atoms with E-state index in [2.05, 4.69) is 0 Å². The van der Waals surface area contributed by atoms with Gasteiger partial charge in [-0.25, -0.2) is 0 Å². The van der Waals surface area contributed by atoms with E-state index >= 15 is 0 Å². The van der Waals surface area contributed by atoms with E-state index in [-0.39, 0.29) is 10.5 Å². The molecule has 2 atom stereocenters. The maximum absolute atomic E-state index is 14.1. The third-order valence-electron chi connectivity index (χ3n) is 5.67. The lowest BCUT2D eigenvalue weighted by Crippen LogP contribution is -2.22. The van der Waals surface area contributed by atoms with Crippen LogP contribution < -0.4 is 0 Å². The van der Waals surface area contributed by atoms with E-state index in [1.54, 1.807) is 0 Å². The number of ether oxygens (including phenoxy) is 2.